The van der Waals surface area contributed by atoms with Gasteiger partial charge >= 0.3 is 0 Å². The molecule has 0 aliphatic heterocycles. The molecule has 3 aliphatic rings. The fourth-order valence-corrected chi connectivity index (χ4v) is 6.24. The fourth-order valence-electron chi connectivity index (χ4n) is 6.24. The zero-order valence-corrected chi connectivity index (χ0v) is 15.1. The first-order valence-electron chi connectivity index (χ1n) is 9.03. The number of hydrogen-bond acceptors (Lipinski definition) is 0. The number of fused-ring (bicyclic) bond motifs is 1. The third-order valence-corrected chi connectivity index (χ3v) is 6.82. The maximum Gasteiger partial charge on any atom is 0.0247 e. The van der Waals surface area contributed by atoms with Crippen LogP contribution in [0.4, 0.5) is 0 Å². The van der Waals surface area contributed by atoms with Gasteiger partial charge in [0.2, 0.25) is 0 Å². The molecule has 3 unspecified atom stereocenters. The molecule has 1 spiro atoms. The molecule has 4 rings (SSSR count). The molecule has 0 heteroatoms. The second-order valence-electron chi connectivity index (χ2n) is 8.37. The predicted octanol–water partition coefficient (Wildman–Crippen LogP) is 6.08. The van der Waals surface area contributed by atoms with Crippen LogP contribution in [0.3, 0.4) is 0 Å². The Bertz CT molecular complexity index is 760. The van der Waals surface area contributed by atoms with E-state index in [0.29, 0.717) is 23.7 Å². The van der Waals surface area contributed by atoms with E-state index in [-0.39, 0.29) is 5.41 Å². The molecule has 0 nitrogen and oxygen atoms in total. The fraction of sp³-hybridized carbons (Fsp3) is 0.478. The van der Waals surface area contributed by atoms with Gasteiger partial charge in [0.1, 0.15) is 0 Å². The Morgan fingerprint density at radius 2 is 1.91 bits per heavy atom. The second-order valence-corrected chi connectivity index (χ2v) is 8.37. The predicted molar refractivity (Wildman–Crippen MR) is 98.7 cm³/mol. The number of rotatable bonds is 1. The van der Waals surface area contributed by atoms with Crippen LogP contribution in [0.2, 0.25) is 0 Å². The summed E-state index contributed by atoms with van der Waals surface area (Å²) < 4.78 is 0. The van der Waals surface area contributed by atoms with E-state index in [4.69, 9.17) is 0 Å². The van der Waals surface area contributed by atoms with Crippen molar-refractivity contribution in [1.29, 1.82) is 0 Å². The van der Waals surface area contributed by atoms with Crippen LogP contribution in [-0.4, -0.2) is 0 Å². The number of benzene rings is 1. The van der Waals surface area contributed by atoms with Gasteiger partial charge in [-0.3, -0.25) is 0 Å². The van der Waals surface area contributed by atoms with Gasteiger partial charge in [0.05, 0.1) is 0 Å². The van der Waals surface area contributed by atoms with Crippen molar-refractivity contribution in [2.75, 3.05) is 0 Å². The Morgan fingerprint density at radius 1 is 1.17 bits per heavy atom. The highest BCUT2D eigenvalue weighted by Gasteiger charge is 2.59. The van der Waals surface area contributed by atoms with E-state index < -0.39 is 0 Å². The summed E-state index contributed by atoms with van der Waals surface area (Å²) in [5.41, 5.74) is 9.35. The van der Waals surface area contributed by atoms with Crippen LogP contribution in [0.5, 0.6) is 0 Å². The topological polar surface area (TPSA) is 0 Å². The quantitative estimate of drug-likeness (QED) is 0.551. The summed E-state index contributed by atoms with van der Waals surface area (Å²) in [5, 5.41) is 0. The van der Waals surface area contributed by atoms with Gasteiger partial charge in [0, 0.05) is 11.3 Å². The second kappa shape index (κ2) is 4.72. The number of aryl methyl sites for hydroxylation is 1. The highest BCUT2D eigenvalue weighted by molar-refractivity contribution is 5.60. The molecule has 0 N–H and O–H groups in total. The third-order valence-electron chi connectivity index (χ3n) is 6.82. The molecule has 1 aromatic carbocycles. The molecule has 23 heavy (non-hydrogen) atoms. The van der Waals surface area contributed by atoms with Gasteiger partial charge in [0.15, 0.2) is 0 Å². The maximum atomic E-state index is 4.34. The minimum atomic E-state index is 0.225. The Hall–Kier alpha value is -1.56. The molecule has 5 atom stereocenters. The summed E-state index contributed by atoms with van der Waals surface area (Å²) in [6, 6.07) is 7.16. The van der Waals surface area contributed by atoms with Crippen molar-refractivity contribution < 1.29 is 0 Å². The maximum absolute atomic E-state index is 4.34. The molecule has 1 aromatic rings. The van der Waals surface area contributed by atoms with E-state index in [0.717, 1.165) is 0 Å². The van der Waals surface area contributed by atoms with Gasteiger partial charge in [-0.25, -0.2) is 0 Å². The van der Waals surface area contributed by atoms with Crippen molar-refractivity contribution in [2.45, 2.75) is 52.4 Å². The van der Waals surface area contributed by atoms with Gasteiger partial charge < -0.3 is 0 Å². The van der Waals surface area contributed by atoms with Crippen LogP contribution in [0.1, 0.15) is 56.7 Å². The Balaban J connectivity index is 2.02. The molecule has 0 radical (unpaired) electrons. The van der Waals surface area contributed by atoms with Crippen molar-refractivity contribution >= 4 is 0 Å². The molecular weight excluding hydrogens is 276 g/mol. The van der Waals surface area contributed by atoms with Gasteiger partial charge in [-0.15, -0.1) is 0 Å². The van der Waals surface area contributed by atoms with Gasteiger partial charge in [-0.05, 0) is 56.1 Å². The van der Waals surface area contributed by atoms with Crippen LogP contribution in [0, 0.1) is 24.7 Å². The van der Waals surface area contributed by atoms with Crippen molar-refractivity contribution in [3.63, 3.8) is 0 Å². The summed E-state index contributed by atoms with van der Waals surface area (Å²) >= 11 is 0. The van der Waals surface area contributed by atoms with E-state index in [2.05, 4.69) is 71.5 Å². The van der Waals surface area contributed by atoms with Crippen molar-refractivity contribution in [2.24, 2.45) is 17.8 Å². The van der Waals surface area contributed by atoms with Crippen LogP contribution < -0.4 is 0 Å². The SMILES string of the molecule is C=C(C)C1C2=CC=C(C)C3C(C)c4ccc(C)cc4[C@]23C[C@H]1C. The van der Waals surface area contributed by atoms with Crippen LogP contribution >= 0.6 is 0 Å². The summed E-state index contributed by atoms with van der Waals surface area (Å²) in [4.78, 5) is 0. The summed E-state index contributed by atoms with van der Waals surface area (Å²) in [5.74, 6) is 2.47. The molecule has 0 amide bonds. The number of hydrogen-bond donors (Lipinski definition) is 0. The van der Waals surface area contributed by atoms with E-state index in [1.165, 1.54) is 17.6 Å². The van der Waals surface area contributed by atoms with Crippen LogP contribution in [0.15, 0.2) is 53.6 Å². The highest BCUT2D eigenvalue weighted by atomic mass is 14.6. The molecule has 0 aromatic heterocycles. The Labute approximate surface area is 141 Å². The van der Waals surface area contributed by atoms with Crippen molar-refractivity contribution in [3.8, 4) is 0 Å². The first-order chi connectivity index (χ1) is 10.9. The molecule has 1 saturated carbocycles. The van der Waals surface area contributed by atoms with Crippen LogP contribution in [-0.2, 0) is 5.41 Å². The molecule has 3 aliphatic carbocycles. The van der Waals surface area contributed by atoms with Gasteiger partial charge in [-0.2, -0.15) is 0 Å². The standard InChI is InChI=1S/C23H28/c1-13(2)21-16(5)12-23-19(21)10-8-15(4)22(23)17(6)18-9-7-14(3)11-20(18)23/h7-11,16-17,21-22H,1,12H2,2-6H3/t16-,17?,21?,22?,23+/m1/s1. The lowest BCUT2D eigenvalue weighted by atomic mass is 9.63. The molecule has 120 valence electrons. The minimum absolute atomic E-state index is 0.225. The molecule has 0 heterocycles. The van der Waals surface area contributed by atoms with Crippen molar-refractivity contribution in [3.05, 3.63) is 70.3 Å². The first-order valence-corrected chi connectivity index (χ1v) is 9.03. The Kier molecular flexibility index (Phi) is 3.08. The monoisotopic (exact) mass is 304 g/mol. The molecule has 0 saturated heterocycles. The molecule has 0 bridgehead atoms. The van der Waals surface area contributed by atoms with E-state index in [1.54, 1.807) is 22.3 Å². The van der Waals surface area contributed by atoms with Gasteiger partial charge in [-0.1, -0.05) is 73.1 Å². The smallest absolute Gasteiger partial charge is 0.0247 e. The summed E-state index contributed by atoms with van der Waals surface area (Å²) in [6.07, 6.45) is 6.10. The van der Waals surface area contributed by atoms with E-state index in [1.807, 2.05) is 0 Å². The van der Waals surface area contributed by atoms with Crippen molar-refractivity contribution in [1.82, 2.24) is 0 Å². The first kappa shape index (κ1) is 15.0. The summed E-state index contributed by atoms with van der Waals surface area (Å²) in [7, 11) is 0. The van der Waals surface area contributed by atoms with Gasteiger partial charge in [0.25, 0.3) is 0 Å². The van der Waals surface area contributed by atoms with Crippen LogP contribution in [0.25, 0.3) is 0 Å². The zero-order valence-electron chi connectivity index (χ0n) is 15.1. The zero-order chi connectivity index (χ0) is 16.5. The third kappa shape index (κ3) is 1.73. The molecule has 1 fully saturated rings. The van der Waals surface area contributed by atoms with E-state index in [9.17, 15) is 0 Å². The molecular formula is C23H28. The highest BCUT2D eigenvalue weighted by Crippen LogP contribution is 2.67. The summed E-state index contributed by atoms with van der Waals surface area (Å²) in [6.45, 7) is 16.0. The lowest BCUT2D eigenvalue weighted by Gasteiger charge is -2.40. The number of allylic oxidation sites excluding steroid dienone is 5. The lowest BCUT2D eigenvalue weighted by Crippen LogP contribution is -2.35. The average molecular weight is 304 g/mol. The normalized spacial score (nSPS) is 37.6. The Morgan fingerprint density at radius 3 is 2.61 bits per heavy atom. The van der Waals surface area contributed by atoms with E-state index >= 15 is 0 Å². The largest absolute Gasteiger partial charge is 0.0995 e. The average Bonchev–Trinajstić information content (AvgIpc) is 2.91. The minimum Gasteiger partial charge on any atom is -0.0995 e. The lowest BCUT2D eigenvalue weighted by molar-refractivity contribution is 0.339.